The zero-order chi connectivity index (χ0) is 22.3. The number of hydrogen-bond acceptors (Lipinski definition) is 8. The quantitative estimate of drug-likeness (QED) is 0.347. The molecule has 0 amide bonds. The van der Waals surface area contributed by atoms with Gasteiger partial charge >= 0.3 is 15.2 Å². The van der Waals surface area contributed by atoms with Crippen LogP contribution in [-0.4, -0.2) is 134 Å². The third kappa shape index (κ3) is 17.7. The average Bonchev–Trinajstić information content (AvgIpc) is 2.64. The summed E-state index contributed by atoms with van der Waals surface area (Å²) in [6.45, 7) is 5.76. The molecule has 0 unspecified atom stereocenters. The highest BCUT2D eigenvalue weighted by Crippen LogP contribution is 2.34. The molecule has 0 aliphatic carbocycles. The van der Waals surface area contributed by atoms with Gasteiger partial charge in [-0.1, -0.05) is 0 Å². The van der Waals surface area contributed by atoms with E-state index in [9.17, 15) is 9.13 Å². The predicted molar refractivity (Wildman–Crippen MR) is 110 cm³/mol. The van der Waals surface area contributed by atoms with Crippen molar-refractivity contribution in [3.05, 3.63) is 0 Å². The number of hydrogen-bond donors (Lipinski definition) is 4. The van der Waals surface area contributed by atoms with E-state index in [1.807, 2.05) is 9.80 Å². The lowest BCUT2D eigenvalue weighted by atomic mass is 10.4. The summed E-state index contributed by atoms with van der Waals surface area (Å²) in [6.07, 6.45) is -0.421. The molecule has 1 saturated heterocycles. The molecular formula is C16H36N2O10P2. The van der Waals surface area contributed by atoms with E-state index >= 15 is 0 Å². The Balaban J connectivity index is 2.42. The van der Waals surface area contributed by atoms with Crippen molar-refractivity contribution in [2.75, 3.05) is 104 Å². The summed E-state index contributed by atoms with van der Waals surface area (Å²) < 4.78 is 44.3. The highest BCUT2D eigenvalue weighted by molar-refractivity contribution is 7.52. The molecule has 1 rings (SSSR count). The Hall–Kier alpha value is 0.0600. The molecule has 0 aromatic rings. The molecule has 1 aliphatic rings. The van der Waals surface area contributed by atoms with Gasteiger partial charge in [0, 0.05) is 39.3 Å². The lowest BCUT2D eigenvalue weighted by Gasteiger charge is -2.23. The highest BCUT2D eigenvalue weighted by Gasteiger charge is 2.17. The largest absolute Gasteiger partial charge is 0.378 e. The van der Waals surface area contributed by atoms with Crippen LogP contribution in [0.3, 0.4) is 0 Å². The fraction of sp³-hybridized carbons (Fsp3) is 1.00. The minimum atomic E-state index is -4.05. The highest BCUT2D eigenvalue weighted by atomic mass is 31.2. The van der Waals surface area contributed by atoms with Gasteiger partial charge in [0.2, 0.25) is 0 Å². The van der Waals surface area contributed by atoms with Gasteiger partial charge in [-0.2, -0.15) is 0 Å². The van der Waals surface area contributed by atoms with Crippen LogP contribution in [0.15, 0.2) is 0 Å². The van der Waals surface area contributed by atoms with Gasteiger partial charge in [0.1, 0.15) is 0 Å². The molecule has 1 heterocycles. The zero-order valence-corrected chi connectivity index (χ0v) is 19.1. The van der Waals surface area contributed by atoms with Crippen molar-refractivity contribution in [1.82, 2.24) is 9.80 Å². The van der Waals surface area contributed by atoms with Gasteiger partial charge in [0.15, 0.2) is 0 Å². The van der Waals surface area contributed by atoms with E-state index < -0.39 is 15.2 Å². The summed E-state index contributed by atoms with van der Waals surface area (Å²) in [5.74, 6) is 0. The molecule has 4 N–H and O–H groups in total. The van der Waals surface area contributed by atoms with E-state index in [1.165, 1.54) is 0 Å². The molecule has 12 nitrogen and oxygen atoms in total. The van der Waals surface area contributed by atoms with Crippen LogP contribution in [0.25, 0.3) is 0 Å². The first kappa shape index (κ1) is 28.1. The summed E-state index contributed by atoms with van der Waals surface area (Å²) >= 11 is 0. The van der Waals surface area contributed by atoms with Crippen LogP contribution < -0.4 is 0 Å². The van der Waals surface area contributed by atoms with Crippen LogP contribution in [0, 0.1) is 0 Å². The van der Waals surface area contributed by atoms with Crippen LogP contribution in [0.4, 0.5) is 0 Å². The van der Waals surface area contributed by atoms with Gasteiger partial charge in [-0.15, -0.1) is 0 Å². The first-order chi connectivity index (χ1) is 14.2. The van der Waals surface area contributed by atoms with Crippen molar-refractivity contribution in [2.24, 2.45) is 0 Å². The third-order valence-corrected chi connectivity index (χ3v) is 5.93. The van der Waals surface area contributed by atoms with E-state index in [1.54, 1.807) is 0 Å². The fourth-order valence-electron chi connectivity index (χ4n) is 2.63. The summed E-state index contributed by atoms with van der Waals surface area (Å²) in [5.41, 5.74) is 0. The number of rotatable bonds is 6. The SMILES string of the molecule is O=P(O)(O)CCN1CCOCCOCCN(CCP(=O)(O)O)CCOCCOCC1. The normalized spacial score (nSPS) is 21.7. The Bertz CT molecular complexity index is 464. The summed E-state index contributed by atoms with van der Waals surface area (Å²) in [7, 11) is -8.11. The van der Waals surface area contributed by atoms with Gasteiger partial charge in [0.25, 0.3) is 0 Å². The van der Waals surface area contributed by atoms with E-state index in [0.717, 1.165) is 0 Å². The van der Waals surface area contributed by atoms with Gasteiger partial charge in [-0.3, -0.25) is 18.9 Å². The third-order valence-electron chi connectivity index (χ3n) is 4.37. The number of nitrogens with zero attached hydrogens (tertiary/aromatic N) is 2. The van der Waals surface area contributed by atoms with E-state index in [0.29, 0.717) is 79.0 Å². The second-order valence-electron chi connectivity index (χ2n) is 6.91. The average molecular weight is 478 g/mol. The Morgan fingerprint density at radius 1 is 0.533 bits per heavy atom. The lowest BCUT2D eigenvalue weighted by Crippen LogP contribution is -2.35. The Kier molecular flexibility index (Phi) is 14.8. The van der Waals surface area contributed by atoms with Crippen molar-refractivity contribution in [1.29, 1.82) is 0 Å². The molecular weight excluding hydrogens is 442 g/mol. The van der Waals surface area contributed by atoms with Crippen LogP contribution in [-0.2, 0) is 28.1 Å². The molecule has 0 atom stereocenters. The van der Waals surface area contributed by atoms with Crippen LogP contribution in [0.1, 0.15) is 0 Å². The van der Waals surface area contributed by atoms with Crippen LogP contribution >= 0.6 is 15.2 Å². The van der Waals surface area contributed by atoms with Crippen molar-refractivity contribution in [2.45, 2.75) is 0 Å². The van der Waals surface area contributed by atoms with Gasteiger partial charge in [-0.25, -0.2) is 0 Å². The number of ether oxygens (including phenoxy) is 4. The molecule has 0 saturated carbocycles. The Morgan fingerprint density at radius 3 is 1.03 bits per heavy atom. The molecule has 0 bridgehead atoms. The maximum absolute atomic E-state index is 11.1. The van der Waals surface area contributed by atoms with Gasteiger partial charge in [-0.05, 0) is 0 Å². The zero-order valence-electron chi connectivity index (χ0n) is 17.3. The molecule has 30 heavy (non-hydrogen) atoms. The monoisotopic (exact) mass is 478 g/mol. The lowest BCUT2D eigenvalue weighted by molar-refractivity contribution is 0.00923. The van der Waals surface area contributed by atoms with Crippen molar-refractivity contribution < 1.29 is 47.7 Å². The van der Waals surface area contributed by atoms with Crippen LogP contribution in [0.5, 0.6) is 0 Å². The first-order valence-electron chi connectivity index (χ1n) is 10.0. The summed E-state index contributed by atoms with van der Waals surface area (Å²) in [5, 5.41) is 0. The minimum absolute atomic E-state index is 0.211. The molecule has 0 radical (unpaired) electrons. The predicted octanol–water partition coefficient (Wildman–Crippen LogP) is -0.974. The Morgan fingerprint density at radius 2 is 0.800 bits per heavy atom. The fourth-order valence-corrected chi connectivity index (χ4v) is 3.72. The van der Waals surface area contributed by atoms with Crippen LogP contribution in [0.2, 0.25) is 0 Å². The van der Waals surface area contributed by atoms with Crippen molar-refractivity contribution >= 4 is 15.2 Å². The second kappa shape index (κ2) is 15.8. The minimum Gasteiger partial charge on any atom is -0.378 e. The first-order valence-corrected chi connectivity index (χ1v) is 13.6. The van der Waals surface area contributed by atoms with Crippen molar-refractivity contribution in [3.63, 3.8) is 0 Å². The molecule has 0 spiro atoms. The summed E-state index contributed by atoms with van der Waals surface area (Å²) in [6, 6.07) is 0. The molecule has 0 aromatic heterocycles. The molecule has 180 valence electrons. The van der Waals surface area contributed by atoms with E-state index in [4.69, 9.17) is 38.5 Å². The van der Waals surface area contributed by atoms with Crippen molar-refractivity contribution in [3.8, 4) is 0 Å². The topological polar surface area (TPSA) is 158 Å². The molecule has 1 fully saturated rings. The molecule has 14 heteroatoms. The smallest absolute Gasteiger partial charge is 0.326 e. The van der Waals surface area contributed by atoms with E-state index in [2.05, 4.69) is 0 Å². The maximum Gasteiger partial charge on any atom is 0.326 e. The Labute approximate surface area is 177 Å². The maximum atomic E-state index is 11.1. The standard InChI is InChI=1S/C16H36N2O10P2/c19-29(20,21)15-5-17-1-7-25-11-12-27-9-3-18(6-16-30(22,23)24)4-10-28-14-13-26-8-2-17/h1-16H2,(H2,19,20,21)(H2,22,23,24). The molecule has 1 aliphatic heterocycles. The molecule has 0 aromatic carbocycles. The summed E-state index contributed by atoms with van der Waals surface area (Å²) in [4.78, 5) is 40.1. The second-order valence-corrected chi connectivity index (χ2v) is 10.5. The van der Waals surface area contributed by atoms with Gasteiger partial charge < -0.3 is 38.5 Å². The van der Waals surface area contributed by atoms with E-state index in [-0.39, 0.29) is 25.4 Å². The van der Waals surface area contributed by atoms with Gasteiger partial charge in [0.05, 0.1) is 65.2 Å².